The lowest BCUT2D eigenvalue weighted by Gasteiger charge is -2.19. The first-order valence-electron chi connectivity index (χ1n) is 6.85. The smallest absolute Gasteiger partial charge is 0.304 e. The zero-order valence-corrected chi connectivity index (χ0v) is 11.0. The highest BCUT2D eigenvalue weighted by Gasteiger charge is 2.19. The molecule has 1 fully saturated rings. The van der Waals surface area contributed by atoms with Gasteiger partial charge >= 0.3 is 5.97 Å². The second-order valence-electron chi connectivity index (χ2n) is 5.03. The summed E-state index contributed by atoms with van der Waals surface area (Å²) < 4.78 is 5.55. The first kappa shape index (κ1) is 14.0. The standard InChI is InChI=1S/C15H21NO3/c17-15(18)10-13(9-12-5-2-1-3-6-12)16-11-14-7-4-8-19-14/h1-3,5-6,13-14,16H,4,7-11H2,(H,17,18). The van der Waals surface area contributed by atoms with Gasteiger partial charge in [0.2, 0.25) is 0 Å². The highest BCUT2D eigenvalue weighted by Crippen LogP contribution is 2.12. The fraction of sp³-hybridized carbons (Fsp3) is 0.533. The Kier molecular flexibility index (Phi) is 5.36. The van der Waals surface area contributed by atoms with E-state index in [4.69, 9.17) is 9.84 Å². The minimum Gasteiger partial charge on any atom is -0.481 e. The average molecular weight is 263 g/mol. The van der Waals surface area contributed by atoms with Crippen molar-refractivity contribution in [3.8, 4) is 0 Å². The molecule has 104 valence electrons. The maximum atomic E-state index is 10.9. The molecule has 2 unspecified atom stereocenters. The van der Waals surface area contributed by atoms with Crippen LogP contribution in [0.3, 0.4) is 0 Å². The fourth-order valence-electron chi connectivity index (χ4n) is 2.43. The summed E-state index contributed by atoms with van der Waals surface area (Å²) in [5, 5.41) is 12.3. The molecule has 4 heteroatoms. The molecule has 2 rings (SSSR count). The van der Waals surface area contributed by atoms with Gasteiger partial charge in [0, 0.05) is 19.2 Å². The number of carboxylic acid groups (broad SMARTS) is 1. The predicted molar refractivity (Wildman–Crippen MR) is 73.2 cm³/mol. The molecule has 1 saturated heterocycles. The summed E-state index contributed by atoms with van der Waals surface area (Å²) >= 11 is 0. The average Bonchev–Trinajstić information content (AvgIpc) is 2.90. The van der Waals surface area contributed by atoms with E-state index in [1.165, 1.54) is 0 Å². The zero-order chi connectivity index (χ0) is 13.5. The van der Waals surface area contributed by atoms with Gasteiger partial charge in [0.25, 0.3) is 0 Å². The van der Waals surface area contributed by atoms with Gasteiger partial charge in [-0.05, 0) is 24.8 Å². The first-order valence-corrected chi connectivity index (χ1v) is 6.85. The second kappa shape index (κ2) is 7.26. The summed E-state index contributed by atoms with van der Waals surface area (Å²) in [5.41, 5.74) is 1.16. The van der Waals surface area contributed by atoms with Gasteiger partial charge in [0.1, 0.15) is 0 Å². The van der Waals surface area contributed by atoms with Crippen LogP contribution in [-0.4, -0.2) is 36.4 Å². The predicted octanol–water partition coefficient (Wildman–Crippen LogP) is 1.84. The molecule has 2 N–H and O–H groups in total. The lowest BCUT2D eigenvalue weighted by molar-refractivity contribution is -0.137. The summed E-state index contributed by atoms with van der Waals surface area (Å²) in [7, 11) is 0. The van der Waals surface area contributed by atoms with Crippen LogP contribution in [0.5, 0.6) is 0 Å². The number of hydrogen-bond acceptors (Lipinski definition) is 3. The number of carbonyl (C=O) groups is 1. The molecule has 1 aliphatic heterocycles. The van der Waals surface area contributed by atoms with E-state index in [0.717, 1.165) is 38.0 Å². The van der Waals surface area contributed by atoms with Crippen molar-refractivity contribution in [2.24, 2.45) is 0 Å². The largest absolute Gasteiger partial charge is 0.481 e. The molecule has 1 heterocycles. The molecule has 1 aliphatic rings. The molecule has 2 atom stereocenters. The van der Waals surface area contributed by atoms with Crippen molar-refractivity contribution < 1.29 is 14.6 Å². The molecule has 1 aromatic carbocycles. The Morgan fingerprint density at radius 3 is 2.84 bits per heavy atom. The third kappa shape index (κ3) is 5.01. The van der Waals surface area contributed by atoms with Gasteiger partial charge in [-0.2, -0.15) is 0 Å². The number of aliphatic carboxylic acids is 1. The van der Waals surface area contributed by atoms with Gasteiger partial charge < -0.3 is 15.2 Å². The SMILES string of the molecule is O=C(O)CC(Cc1ccccc1)NCC1CCCO1. The molecule has 0 amide bonds. The first-order chi connectivity index (χ1) is 9.24. The molecule has 4 nitrogen and oxygen atoms in total. The van der Waals surface area contributed by atoms with Crippen molar-refractivity contribution in [3.05, 3.63) is 35.9 Å². The number of ether oxygens (including phenoxy) is 1. The van der Waals surface area contributed by atoms with E-state index in [2.05, 4.69) is 5.32 Å². The molecule has 1 aromatic rings. The molecule has 0 bridgehead atoms. The molecule has 0 aromatic heterocycles. The second-order valence-corrected chi connectivity index (χ2v) is 5.03. The topological polar surface area (TPSA) is 58.6 Å². The molecule has 19 heavy (non-hydrogen) atoms. The molecule has 0 saturated carbocycles. The molecule has 0 spiro atoms. The number of nitrogens with one attached hydrogen (secondary N) is 1. The molecule has 0 aliphatic carbocycles. The fourth-order valence-corrected chi connectivity index (χ4v) is 2.43. The van der Waals surface area contributed by atoms with Crippen LogP contribution in [0, 0.1) is 0 Å². The van der Waals surface area contributed by atoms with E-state index in [1.807, 2.05) is 30.3 Å². The Morgan fingerprint density at radius 1 is 1.42 bits per heavy atom. The van der Waals surface area contributed by atoms with Crippen molar-refractivity contribution in [2.75, 3.05) is 13.2 Å². The summed E-state index contributed by atoms with van der Waals surface area (Å²) in [6, 6.07) is 9.95. The monoisotopic (exact) mass is 263 g/mol. The molecule has 0 radical (unpaired) electrons. The Balaban J connectivity index is 1.85. The lowest BCUT2D eigenvalue weighted by Crippen LogP contribution is -2.38. The normalized spacial score (nSPS) is 20.3. The minimum atomic E-state index is -0.763. The van der Waals surface area contributed by atoms with E-state index < -0.39 is 5.97 Å². The van der Waals surface area contributed by atoms with Gasteiger partial charge in [-0.15, -0.1) is 0 Å². The van der Waals surface area contributed by atoms with Gasteiger partial charge in [-0.1, -0.05) is 30.3 Å². The van der Waals surface area contributed by atoms with E-state index in [1.54, 1.807) is 0 Å². The van der Waals surface area contributed by atoms with Crippen molar-refractivity contribution in [2.45, 2.75) is 37.8 Å². The van der Waals surface area contributed by atoms with Crippen LogP contribution in [0.15, 0.2) is 30.3 Å². The van der Waals surface area contributed by atoms with Crippen LogP contribution < -0.4 is 5.32 Å². The van der Waals surface area contributed by atoms with Crippen LogP contribution in [0.1, 0.15) is 24.8 Å². The van der Waals surface area contributed by atoms with Crippen LogP contribution in [0.25, 0.3) is 0 Å². The highest BCUT2D eigenvalue weighted by molar-refractivity contribution is 5.67. The molecular weight excluding hydrogens is 242 g/mol. The van der Waals surface area contributed by atoms with Gasteiger partial charge in [0.15, 0.2) is 0 Å². The Morgan fingerprint density at radius 2 is 2.21 bits per heavy atom. The highest BCUT2D eigenvalue weighted by atomic mass is 16.5. The van der Waals surface area contributed by atoms with Crippen molar-refractivity contribution in [1.29, 1.82) is 0 Å². The maximum absolute atomic E-state index is 10.9. The number of carboxylic acids is 1. The molecular formula is C15H21NO3. The summed E-state index contributed by atoms with van der Waals surface area (Å²) in [5.74, 6) is -0.763. The number of hydrogen-bond donors (Lipinski definition) is 2. The summed E-state index contributed by atoms with van der Waals surface area (Å²) in [6.45, 7) is 1.57. The van der Waals surface area contributed by atoms with Crippen molar-refractivity contribution in [1.82, 2.24) is 5.32 Å². The van der Waals surface area contributed by atoms with E-state index in [0.29, 0.717) is 0 Å². The lowest BCUT2D eigenvalue weighted by atomic mass is 10.0. The van der Waals surface area contributed by atoms with Crippen LogP contribution >= 0.6 is 0 Å². The van der Waals surface area contributed by atoms with E-state index >= 15 is 0 Å². The van der Waals surface area contributed by atoms with Crippen molar-refractivity contribution in [3.63, 3.8) is 0 Å². The Bertz CT molecular complexity index is 388. The number of benzene rings is 1. The Labute approximate surface area is 113 Å². The Hall–Kier alpha value is -1.39. The third-order valence-electron chi connectivity index (χ3n) is 3.40. The van der Waals surface area contributed by atoms with Gasteiger partial charge in [0.05, 0.1) is 12.5 Å². The van der Waals surface area contributed by atoms with Crippen LogP contribution in [0.2, 0.25) is 0 Å². The van der Waals surface area contributed by atoms with E-state index in [9.17, 15) is 4.79 Å². The van der Waals surface area contributed by atoms with Crippen LogP contribution in [-0.2, 0) is 16.0 Å². The minimum absolute atomic E-state index is 0.0379. The van der Waals surface area contributed by atoms with Crippen molar-refractivity contribution >= 4 is 5.97 Å². The van der Waals surface area contributed by atoms with Gasteiger partial charge in [-0.25, -0.2) is 0 Å². The van der Waals surface area contributed by atoms with E-state index in [-0.39, 0.29) is 18.6 Å². The van der Waals surface area contributed by atoms with Crippen LogP contribution in [0.4, 0.5) is 0 Å². The summed E-state index contributed by atoms with van der Waals surface area (Å²) in [6.07, 6.45) is 3.29. The summed E-state index contributed by atoms with van der Waals surface area (Å²) in [4.78, 5) is 10.9. The van der Waals surface area contributed by atoms with Gasteiger partial charge in [-0.3, -0.25) is 4.79 Å². The maximum Gasteiger partial charge on any atom is 0.304 e. The zero-order valence-electron chi connectivity index (χ0n) is 11.0. The third-order valence-corrected chi connectivity index (χ3v) is 3.40. The quantitative estimate of drug-likeness (QED) is 0.788. The number of rotatable bonds is 7.